The Bertz CT molecular complexity index is 1480. The van der Waals surface area contributed by atoms with Gasteiger partial charge < -0.3 is 0 Å². The molecule has 3 aromatic heterocycles. The lowest BCUT2D eigenvalue weighted by molar-refractivity contribution is -0.119. The Morgan fingerprint density at radius 2 is 1.73 bits per heavy atom. The van der Waals surface area contributed by atoms with Crippen LogP contribution < -0.4 is 11.2 Å². The van der Waals surface area contributed by atoms with Crippen LogP contribution in [0.2, 0.25) is 0 Å². The minimum atomic E-state index is -0.853. The normalized spacial score (nSPS) is 12.8. The maximum Gasteiger partial charge on any atom is 0.333 e. The molecular weight excluding hydrogens is 382 g/mol. The van der Waals surface area contributed by atoms with Gasteiger partial charge in [0.2, 0.25) is 5.78 Å². The predicted octanol–water partition coefficient (Wildman–Crippen LogP) is 2.52. The van der Waals surface area contributed by atoms with Crippen molar-refractivity contribution >= 4 is 22.7 Å². The molecule has 0 aliphatic carbocycles. The molecule has 3 heterocycles. The van der Waals surface area contributed by atoms with Crippen LogP contribution in [0.1, 0.15) is 42.4 Å². The van der Waals surface area contributed by atoms with Crippen molar-refractivity contribution in [1.29, 1.82) is 0 Å². The highest BCUT2D eigenvalue weighted by atomic mass is 16.2. The molecule has 1 aromatic carbocycles. The van der Waals surface area contributed by atoms with E-state index in [9.17, 15) is 14.4 Å². The fourth-order valence-corrected chi connectivity index (χ4v) is 4.09. The number of imidazole rings is 2. The van der Waals surface area contributed by atoms with Gasteiger partial charge in [-0.05, 0) is 53.2 Å². The third-order valence-electron chi connectivity index (χ3n) is 6.04. The summed E-state index contributed by atoms with van der Waals surface area (Å²) in [5.74, 6) is 0.308. The van der Waals surface area contributed by atoms with Gasteiger partial charge in [-0.3, -0.25) is 23.1 Å². The molecule has 156 valence electrons. The second-order valence-electron chi connectivity index (χ2n) is 8.02. The average Bonchev–Trinajstić information content (AvgIpc) is 3.17. The Morgan fingerprint density at radius 3 is 2.33 bits per heavy atom. The van der Waals surface area contributed by atoms with E-state index in [1.807, 2.05) is 44.4 Å². The van der Waals surface area contributed by atoms with E-state index in [-0.39, 0.29) is 5.78 Å². The maximum absolute atomic E-state index is 13.4. The summed E-state index contributed by atoms with van der Waals surface area (Å²) in [6.45, 7) is 10.9. The second kappa shape index (κ2) is 6.55. The first-order valence-electron chi connectivity index (χ1n) is 9.86. The Balaban J connectivity index is 2.21. The highest BCUT2D eigenvalue weighted by molar-refractivity contribution is 5.81. The van der Waals surface area contributed by atoms with E-state index in [0.29, 0.717) is 16.9 Å². The summed E-state index contributed by atoms with van der Waals surface area (Å²) < 4.78 is 6.15. The highest BCUT2D eigenvalue weighted by Crippen LogP contribution is 2.26. The number of ketones is 1. The van der Waals surface area contributed by atoms with Crippen molar-refractivity contribution in [2.24, 2.45) is 7.05 Å². The van der Waals surface area contributed by atoms with Crippen molar-refractivity contribution in [3.05, 3.63) is 61.6 Å². The van der Waals surface area contributed by atoms with Gasteiger partial charge in [0.25, 0.3) is 5.56 Å². The first-order chi connectivity index (χ1) is 14.1. The number of benzene rings is 1. The van der Waals surface area contributed by atoms with Crippen LogP contribution in [0.25, 0.3) is 22.6 Å². The van der Waals surface area contributed by atoms with Crippen molar-refractivity contribution in [2.45, 2.75) is 47.6 Å². The highest BCUT2D eigenvalue weighted by Gasteiger charge is 2.26. The lowest BCUT2D eigenvalue weighted by Gasteiger charge is -2.13. The Hall–Kier alpha value is -3.42. The monoisotopic (exact) mass is 407 g/mol. The van der Waals surface area contributed by atoms with E-state index in [1.54, 1.807) is 18.4 Å². The van der Waals surface area contributed by atoms with Gasteiger partial charge in [-0.2, -0.15) is 4.98 Å². The van der Waals surface area contributed by atoms with Crippen LogP contribution in [0.5, 0.6) is 0 Å². The third kappa shape index (κ3) is 2.52. The molecule has 0 spiro atoms. The summed E-state index contributed by atoms with van der Waals surface area (Å²) in [4.78, 5) is 42.9. The molecule has 0 radical (unpaired) electrons. The van der Waals surface area contributed by atoms with E-state index < -0.39 is 17.3 Å². The summed E-state index contributed by atoms with van der Waals surface area (Å²) in [7, 11) is 1.57. The summed E-state index contributed by atoms with van der Waals surface area (Å²) in [6, 6.07) is 5.31. The summed E-state index contributed by atoms with van der Waals surface area (Å²) in [5.41, 5.74) is 4.54. The van der Waals surface area contributed by atoms with Crippen LogP contribution in [0, 0.1) is 27.7 Å². The number of Topliss-reactive ketones (excluding diaryl/α,β-unsaturated/α-hetero) is 1. The van der Waals surface area contributed by atoms with Gasteiger partial charge in [-0.15, -0.1) is 0 Å². The topological polar surface area (TPSA) is 83.3 Å². The van der Waals surface area contributed by atoms with Gasteiger partial charge in [-0.1, -0.05) is 17.7 Å². The minimum Gasteiger partial charge on any atom is -0.298 e. The minimum absolute atomic E-state index is 0.255. The van der Waals surface area contributed by atoms with Crippen molar-refractivity contribution in [2.75, 3.05) is 0 Å². The number of fused-ring (bicyclic) bond motifs is 3. The number of aryl methyl sites for hydroxylation is 4. The van der Waals surface area contributed by atoms with Crippen LogP contribution in [0.3, 0.4) is 0 Å². The van der Waals surface area contributed by atoms with Gasteiger partial charge in [0.15, 0.2) is 16.9 Å². The number of nitrogens with zero attached hydrogens (tertiary/aromatic N) is 5. The molecule has 0 fully saturated rings. The quantitative estimate of drug-likeness (QED) is 0.522. The number of aromatic nitrogens is 5. The maximum atomic E-state index is 13.4. The standard InChI is InChI=1S/C22H25N5O3/c1-11-8-9-17(12(2)10-11)25-13(3)14(4)26-18-19(23-21(25)26)24(7)22(30)27(20(18)29)15(5)16(6)28/h8-10,15H,1-7H3/t15-/m0/s1. The van der Waals surface area contributed by atoms with Gasteiger partial charge in [0.1, 0.15) is 0 Å². The van der Waals surface area contributed by atoms with E-state index in [4.69, 9.17) is 4.98 Å². The molecule has 0 unspecified atom stereocenters. The van der Waals surface area contributed by atoms with Crippen LogP contribution in [-0.4, -0.2) is 28.9 Å². The number of rotatable bonds is 3. The van der Waals surface area contributed by atoms with Crippen molar-refractivity contribution in [1.82, 2.24) is 23.1 Å². The Kier molecular flexibility index (Phi) is 4.34. The van der Waals surface area contributed by atoms with Gasteiger partial charge in [-0.25, -0.2) is 9.36 Å². The first-order valence-corrected chi connectivity index (χ1v) is 9.86. The first kappa shape index (κ1) is 19.9. The molecule has 0 saturated carbocycles. The van der Waals surface area contributed by atoms with Crippen LogP contribution in [0.4, 0.5) is 0 Å². The zero-order chi connectivity index (χ0) is 22.1. The molecule has 0 bridgehead atoms. The molecule has 4 aromatic rings. The molecule has 0 saturated heterocycles. The van der Waals surface area contributed by atoms with Gasteiger partial charge in [0, 0.05) is 18.4 Å². The number of carbonyl (C=O) groups excluding carboxylic acids is 1. The number of hydrogen-bond acceptors (Lipinski definition) is 4. The van der Waals surface area contributed by atoms with Gasteiger partial charge >= 0.3 is 5.69 Å². The van der Waals surface area contributed by atoms with E-state index in [1.165, 1.54) is 11.5 Å². The summed E-state index contributed by atoms with van der Waals surface area (Å²) >= 11 is 0. The zero-order valence-electron chi connectivity index (χ0n) is 18.3. The van der Waals surface area contributed by atoms with Crippen LogP contribution >= 0.6 is 0 Å². The molecule has 8 nitrogen and oxygen atoms in total. The molecule has 8 heteroatoms. The smallest absolute Gasteiger partial charge is 0.298 e. The third-order valence-corrected chi connectivity index (χ3v) is 6.04. The summed E-state index contributed by atoms with van der Waals surface area (Å²) in [5, 5.41) is 0. The van der Waals surface area contributed by atoms with E-state index in [0.717, 1.165) is 32.8 Å². The molecule has 4 rings (SSSR count). The summed E-state index contributed by atoms with van der Waals surface area (Å²) in [6.07, 6.45) is 0. The Labute approximate surface area is 173 Å². The van der Waals surface area contributed by atoms with Gasteiger partial charge in [0.05, 0.1) is 11.7 Å². The molecule has 0 amide bonds. The van der Waals surface area contributed by atoms with Crippen molar-refractivity contribution in [3.8, 4) is 5.69 Å². The SMILES string of the molecule is CC(=O)[C@H](C)n1c(=O)c2c(nc3n(-c4ccc(C)cc4C)c(C)c(C)n23)n(C)c1=O. The fourth-order valence-electron chi connectivity index (χ4n) is 4.09. The number of hydrogen-bond donors (Lipinski definition) is 0. The van der Waals surface area contributed by atoms with Crippen molar-refractivity contribution < 1.29 is 4.79 Å². The zero-order valence-corrected chi connectivity index (χ0v) is 18.3. The molecular formula is C22H25N5O3. The average molecular weight is 407 g/mol. The molecule has 0 N–H and O–H groups in total. The van der Waals surface area contributed by atoms with E-state index >= 15 is 0 Å². The van der Waals surface area contributed by atoms with Crippen molar-refractivity contribution in [3.63, 3.8) is 0 Å². The van der Waals surface area contributed by atoms with Crippen LogP contribution in [0.15, 0.2) is 27.8 Å². The lowest BCUT2D eigenvalue weighted by atomic mass is 10.1. The molecule has 0 aliphatic rings. The van der Waals surface area contributed by atoms with E-state index in [2.05, 4.69) is 6.07 Å². The fraction of sp³-hybridized carbons (Fsp3) is 0.364. The molecule has 0 aliphatic heterocycles. The molecule has 30 heavy (non-hydrogen) atoms. The Morgan fingerprint density at radius 1 is 1.07 bits per heavy atom. The second-order valence-corrected chi connectivity index (χ2v) is 8.02. The lowest BCUT2D eigenvalue weighted by Crippen LogP contribution is -2.42. The van der Waals surface area contributed by atoms with Crippen LogP contribution in [-0.2, 0) is 11.8 Å². The largest absolute Gasteiger partial charge is 0.333 e. The molecule has 1 atom stereocenters. The number of carbonyl (C=O) groups is 1. The predicted molar refractivity (Wildman–Crippen MR) is 116 cm³/mol.